The maximum absolute atomic E-state index is 13.9. The van der Waals surface area contributed by atoms with Crippen LogP contribution in [0.5, 0.6) is 5.75 Å². The molecule has 2 fully saturated rings. The predicted octanol–water partition coefficient (Wildman–Crippen LogP) is 3.12. The smallest absolute Gasteiger partial charge is 0.400 e. The third kappa shape index (κ3) is 3.27. The summed E-state index contributed by atoms with van der Waals surface area (Å²) in [6.45, 7) is 0.757. The summed E-state index contributed by atoms with van der Waals surface area (Å²) in [5.41, 5.74) is -0.920. The van der Waals surface area contributed by atoms with E-state index < -0.39 is 23.8 Å². The average molecular weight is 436 g/mol. The van der Waals surface area contributed by atoms with Crippen LogP contribution in [0, 0.1) is 0 Å². The summed E-state index contributed by atoms with van der Waals surface area (Å²) < 4.78 is 61.7. The number of halogens is 4. The Labute approximate surface area is 174 Å². The van der Waals surface area contributed by atoms with Crippen LogP contribution in [0.15, 0.2) is 30.5 Å². The quantitative estimate of drug-likeness (QED) is 0.599. The molecule has 2 aliphatic rings. The van der Waals surface area contributed by atoms with Crippen LogP contribution in [0.3, 0.4) is 0 Å². The zero-order chi connectivity index (χ0) is 21.8. The Kier molecular flexibility index (Phi) is 4.54. The van der Waals surface area contributed by atoms with Crippen molar-refractivity contribution in [3.63, 3.8) is 0 Å². The summed E-state index contributed by atoms with van der Waals surface area (Å²) in [5.74, 6) is 0.525. The minimum Gasteiger partial charge on any atom is -0.495 e. The van der Waals surface area contributed by atoms with Gasteiger partial charge in [-0.1, -0.05) is 6.07 Å². The van der Waals surface area contributed by atoms with Gasteiger partial charge in [-0.15, -0.1) is 0 Å². The van der Waals surface area contributed by atoms with Gasteiger partial charge < -0.3 is 15.4 Å². The molecular formula is C20H20F4N6O. The molecule has 3 aromatic rings. The van der Waals surface area contributed by atoms with Crippen LogP contribution in [0.4, 0.5) is 23.4 Å². The van der Waals surface area contributed by atoms with Gasteiger partial charge in [0.15, 0.2) is 5.65 Å². The van der Waals surface area contributed by atoms with E-state index in [9.17, 15) is 17.6 Å². The van der Waals surface area contributed by atoms with Gasteiger partial charge in [-0.05, 0) is 25.0 Å². The van der Waals surface area contributed by atoms with E-state index in [1.807, 2.05) is 0 Å². The van der Waals surface area contributed by atoms with Gasteiger partial charge in [-0.2, -0.15) is 18.3 Å². The number of fused-ring (bicyclic) bond motifs is 1. The van der Waals surface area contributed by atoms with Gasteiger partial charge in [0.25, 0.3) is 0 Å². The second-order valence-corrected chi connectivity index (χ2v) is 7.89. The molecule has 11 heteroatoms. The highest BCUT2D eigenvalue weighted by molar-refractivity contribution is 5.63. The lowest BCUT2D eigenvalue weighted by Crippen LogP contribution is -2.31. The number of methoxy groups -OCH3 is 1. The molecule has 164 valence electrons. The van der Waals surface area contributed by atoms with Crippen molar-refractivity contribution in [3.05, 3.63) is 36.2 Å². The second-order valence-electron chi connectivity index (χ2n) is 7.89. The van der Waals surface area contributed by atoms with Crippen molar-refractivity contribution in [1.29, 1.82) is 0 Å². The van der Waals surface area contributed by atoms with Crippen LogP contribution in [0.1, 0.15) is 18.5 Å². The molecule has 5 rings (SSSR count). The van der Waals surface area contributed by atoms with Gasteiger partial charge in [0.2, 0.25) is 0 Å². The molecule has 2 atom stereocenters. The number of nitrogens with zero attached hydrogens (tertiary/aromatic N) is 4. The maximum Gasteiger partial charge on any atom is 0.400 e. The number of hydrogen-bond donors (Lipinski definition) is 2. The molecule has 0 aromatic carbocycles. The van der Waals surface area contributed by atoms with Crippen LogP contribution >= 0.6 is 0 Å². The number of imidazole rings is 1. The lowest BCUT2D eigenvalue weighted by atomic mass is 10.0. The van der Waals surface area contributed by atoms with Crippen LogP contribution in [0.25, 0.3) is 17.0 Å². The summed E-state index contributed by atoms with van der Waals surface area (Å²) in [4.78, 5) is 8.77. The molecule has 1 aliphatic carbocycles. The van der Waals surface area contributed by atoms with E-state index in [4.69, 9.17) is 4.74 Å². The molecule has 1 saturated heterocycles. The molecule has 0 bridgehead atoms. The van der Waals surface area contributed by atoms with Gasteiger partial charge in [0.05, 0.1) is 25.0 Å². The first-order valence-electron chi connectivity index (χ1n) is 9.91. The summed E-state index contributed by atoms with van der Waals surface area (Å²) in [7, 11) is 1.32. The second kappa shape index (κ2) is 7.04. The maximum atomic E-state index is 13.9. The normalized spacial score (nSPS) is 22.6. The lowest BCUT2D eigenvalue weighted by molar-refractivity contribution is -0.162. The van der Waals surface area contributed by atoms with Crippen molar-refractivity contribution in [3.8, 4) is 17.1 Å². The number of nitrogens with one attached hydrogen (secondary N) is 2. The highest BCUT2D eigenvalue weighted by Gasteiger charge is 2.66. The first-order chi connectivity index (χ1) is 14.8. The number of rotatable bonds is 5. The summed E-state index contributed by atoms with van der Waals surface area (Å²) in [5, 5.41) is 10.3. The number of alkyl halides is 4. The topological polar surface area (TPSA) is 76.4 Å². The molecule has 31 heavy (non-hydrogen) atoms. The van der Waals surface area contributed by atoms with Gasteiger partial charge in [0.1, 0.15) is 34.5 Å². The standard InChI is InChI=1S/C20H20F4N6O/c1-31-15-7-17-26-10-14(30(17)29-18(15)19(5-6-19)20(22,23)24)12-3-2-4-16(27-12)28-13-9-25-8-11(13)21/h2-4,7,10-11,13,25H,5-6,8-9H2,1H3,(H,27,28)/t11?,13-/m0/s1. The highest BCUT2D eigenvalue weighted by atomic mass is 19.4. The SMILES string of the molecule is COc1cc2ncc(-c3cccc(N[C@H]4CNCC4F)n3)n2nc1C1(C(F)(F)F)CC1. The molecule has 4 heterocycles. The zero-order valence-corrected chi connectivity index (χ0v) is 16.6. The Morgan fingerprint density at radius 1 is 1.26 bits per heavy atom. The largest absolute Gasteiger partial charge is 0.495 e. The fraction of sp³-hybridized carbons (Fsp3) is 0.450. The molecule has 0 radical (unpaired) electrons. The molecule has 3 aromatic heterocycles. The Hall–Kier alpha value is -2.95. The van der Waals surface area contributed by atoms with Gasteiger partial charge in [-0.25, -0.2) is 18.9 Å². The summed E-state index contributed by atoms with van der Waals surface area (Å²) in [6.07, 6.45) is -4.03. The van der Waals surface area contributed by atoms with Crippen LogP contribution < -0.4 is 15.4 Å². The molecule has 7 nitrogen and oxygen atoms in total. The minimum atomic E-state index is -4.43. The zero-order valence-electron chi connectivity index (χ0n) is 16.6. The molecule has 1 unspecified atom stereocenters. The Morgan fingerprint density at radius 2 is 2.06 bits per heavy atom. The summed E-state index contributed by atoms with van der Waals surface area (Å²) in [6, 6.07) is 6.21. The van der Waals surface area contributed by atoms with E-state index in [0.717, 1.165) is 0 Å². The first-order valence-corrected chi connectivity index (χ1v) is 9.91. The number of anilines is 1. The van der Waals surface area contributed by atoms with E-state index in [-0.39, 0.29) is 30.8 Å². The van der Waals surface area contributed by atoms with Crippen molar-refractivity contribution >= 4 is 11.5 Å². The van der Waals surface area contributed by atoms with Crippen molar-refractivity contribution in [2.75, 3.05) is 25.5 Å². The predicted molar refractivity (Wildman–Crippen MR) is 105 cm³/mol. The highest BCUT2D eigenvalue weighted by Crippen LogP contribution is 2.60. The Bertz CT molecular complexity index is 1130. The monoisotopic (exact) mass is 436 g/mol. The Balaban J connectivity index is 1.56. The number of aromatic nitrogens is 4. The average Bonchev–Trinajstić information content (AvgIpc) is 3.33. The van der Waals surface area contributed by atoms with Crippen molar-refractivity contribution in [2.45, 2.75) is 36.6 Å². The molecule has 0 spiro atoms. The molecule has 0 amide bonds. The van der Waals surface area contributed by atoms with E-state index in [0.29, 0.717) is 29.4 Å². The first kappa shape index (κ1) is 20.0. The van der Waals surface area contributed by atoms with Crippen LogP contribution in [0.2, 0.25) is 0 Å². The van der Waals surface area contributed by atoms with E-state index in [2.05, 4.69) is 25.7 Å². The van der Waals surface area contributed by atoms with E-state index in [1.54, 1.807) is 18.2 Å². The number of pyridine rings is 1. The van der Waals surface area contributed by atoms with Crippen molar-refractivity contribution in [2.24, 2.45) is 0 Å². The number of hydrogen-bond acceptors (Lipinski definition) is 6. The summed E-state index contributed by atoms with van der Waals surface area (Å²) >= 11 is 0. The Morgan fingerprint density at radius 3 is 2.71 bits per heavy atom. The van der Waals surface area contributed by atoms with Crippen molar-refractivity contribution in [1.82, 2.24) is 24.9 Å². The molecular weight excluding hydrogens is 416 g/mol. The van der Waals surface area contributed by atoms with E-state index in [1.165, 1.54) is 23.9 Å². The molecule has 2 N–H and O–H groups in total. The van der Waals surface area contributed by atoms with Crippen LogP contribution in [-0.4, -0.2) is 58.2 Å². The third-order valence-corrected chi connectivity index (χ3v) is 5.91. The fourth-order valence-electron chi connectivity index (χ4n) is 3.98. The lowest BCUT2D eigenvalue weighted by Gasteiger charge is -2.21. The fourth-order valence-corrected chi connectivity index (χ4v) is 3.98. The number of ether oxygens (including phenoxy) is 1. The van der Waals surface area contributed by atoms with E-state index >= 15 is 0 Å². The van der Waals surface area contributed by atoms with Gasteiger partial charge in [0, 0.05) is 19.2 Å². The van der Waals surface area contributed by atoms with Crippen LogP contribution in [-0.2, 0) is 5.41 Å². The van der Waals surface area contributed by atoms with Gasteiger partial charge >= 0.3 is 6.18 Å². The van der Waals surface area contributed by atoms with Gasteiger partial charge in [-0.3, -0.25) is 0 Å². The molecule has 1 aliphatic heterocycles. The third-order valence-electron chi connectivity index (χ3n) is 5.91. The molecule has 1 saturated carbocycles. The van der Waals surface area contributed by atoms with Crippen molar-refractivity contribution < 1.29 is 22.3 Å². The minimum absolute atomic E-state index is 0.0348.